The van der Waals surface area contributed by atoms with Gasteiger partial charge in [-0.25, -0.2) is 0 Å². The highest BCUT2D eigenvalue weighted by molar-refractivity contribution is 4.75. The van der Waals surface area contributed by atoms with Crippen LogP contribution in [-0.4, -0.2) is 12.7 Å². The molecule has 64 valence electrons. The predicted molar refractivity (Wildman–Crippen MR) is 45.2 cm³/mol. The summed E-state index contributed by atoms with van der Waals surface area (Å²) in [5.41, 5.74) is 0. The number of nitriles is 1. The molecule has 0 aromatic carbocycles. The topological polar surface area (TPSA) is 33.0 Å². The molecule has 1 atom stereocenters. The fourth-order valence-corrected chi connectivity index (χ4v) is 0.817. The van der Waals surface area contributed by atoms with Crippen LogP contribution in [0.4, 0.5) is 0 Å². The summed E-state index contributed by atoms with van der Waals surface area (Å²) in [7, 11) is 0. The van der Waals surface area contributed by atoms with Crippen molar-refractivity contribution < 1.29 is 4.74 Å². The molecule has 0 saturated heterocycles. The van der Waals surface area contributed by atoms with Crippen LogP contribution in [0.25, 0.3) is 0 Å². The van der Waals surface area contributed by atoms with E-state index in [-0.39, 0.29) is 6.10 Å². The quantitative estimate of drug-likeness (QED) is 0.552. The minimum absolute atomic E-state index is 0.159. The van der Waals surface area contributed by atoms with Crippen molar-refractivity contribution in [3.8, 4) is 6.07 Å². The number of hydrogen-bond donors (Lipinski definition) is 0. The van der Waals surface area contributed by atoms with E-state index in [1.165, 1.54) is 0 Å². The van der Waals surface area contributed by atoms with E-state index in [1.807, 2.05) is 6.92 Å². The maximum atomic E-state index is 8.39. The maximum absolute atomic E-state index is 8.39. The second-order valence-corrected chi connectivity index (χ2v) is 2.62. The molecule has 11 heavy (non-hydrogen) atoms. The number of nitrogens with zero attached hydrogens (tertiary/aromatic N) is 1. The molecule has 0 aliphatic rings. The summed E-state index contributed by atoms with van der Waals surface area (Å²) in [5.74, 6) is 0. The summed E-state index contributed by atoms with van der Waals surface area (Å²) in [5, 5.41) is 8.39. The molecule has 2 heteroatoms. The van der Waals surface area contributed by atoms with E-state index < -0.39 is 0 Å². The van der Waals surface area contributed by atoms with E-state index in [0.717, 1.165) is 25.9 Å². The molecular weight excluding hydrogens is 138 g/mol. The number of unbranched alkanes of at least 4 members (excludes halogenated alkanes) is 1. The molecule has 0 heterocycles. The van der Waals surface area contributed by atoms with E-state index in [2.05, 4.69) is 13.0 Å². The summed E-state index contributed by atoms with van der Waals surface area (Å²) in [6.45, 7) is 4.99. The lowest BCUT2D eigenvalue weighted by Gasteiger charge is -2.11. The summed E-state index contributed by atoms with van der Waals surface area (Å²) in [6.07, 6.45) is 3.88. The van der Waals surface area contributed by atoms with Gasteiger partial charge in [0.1, 0.15) is 0 Å². The van der Waals surface area contributed by atoms with Crippen molar-refractivity contribution in [1.82, 2.24) is 0 Å². The van der Waals surface area contributed by atoms with Crippen LogP contribution in [0.1, 0.15) is 39.5 Å². The number of rotatable bonds is 6. The Morgan fingerprint density at radius 1 is 1.45 bits per heavy atom. The molecule has 0 amide bonds. The van der Waals surface area contributed by atoms with Crippen LogP contribution in [0.2, 0.25) is 0 Å². The van der Waals surface area contributed by atoms with Crippen molar-refractivity contribution in [2.24, 2.45) is 0 Å². The van der Waals surface area contributed by atoms with Gasteiger partial charge in [0.25, 0.3) is 0 Å². The van der Waals surface area contributed by atoms with Crippen molar-refractivity contribution >= 4 is 0 Å². The van der Waals surface area contributed by atoms with E-state index in [9.17, 15) is 0 Å². The molecule has 0 aliphatic heterocycles. The van der Waals surface area contributed by atoms with Crippen LogP contribution in [0.15, 0.2) is 0 Å². The van der Waals surface area contributed by atoms with Crippen molar-refractivity contribution in [3.63, 3.8) is 0 Å². The van der Waals surface area contributed by atoms with Crippen LogP contribution >= 0.6 is 0 Å². The van der Waals surface area contributed by atoms with Gasteiger partial charge in [0.15, 0.2) is 0 Å². The Hall–Kier alpha value is -0.550. The van der Waals surface area contributed by atoms with Gasteiger partial charge in [-0.3, -0.25) is 0 Å². The van der Waals surface area contributed by atoms with Gasteiger partial charge in [0.2, 0.25) is 0 Å². The zero-order valence-corrected chi connectivity index (χ0v) is 7.47. The molecular formula is C9H17NO. The molecule has 0 aliphatic carbocycles. The van der Waals surface area contributed by atoms with Gasteiger partial charge in [-0.05, 0) is 12.8 Å². The monoisotopic (exact) mass is 155 g/mol. The Kier molecular flexibility index (Phi) is 7.18. The summed E-state index contributed by atoms with van der Waals surface area (Å²) >= 11 is 0. The molecule has 2 nitrogen and oxygen atoms in total. The third kappa shape index (κ3) is 5.87. The van der Waals surface area contributed by atoms with Crippen LogP contribution in [0, 0.1) is 11.3 Å². The van der Waals surface area contributed by atoms with E-state index in [1.54, 1.807) is 0 Å². The van der Waals surface area contributed by atoms with E-state index in [4.69, 9.17) is 10.00 Å². The molecule has 0 saturated carbocycles. The molecule has 0 fully saturated rings. The fraction of sp³-hybridized carbons (Fsp3) is 0.889. The Labute approximate surface area is 69.2 Å². The first-order valence-corrected chi connectivity index (χ1v) is 4.33. The van der Waals surface area contributed by atoms with E-state index in [0.29, 0.717) is 6.42 Å². The Morgan fingerprint density at radius 3 is 2.64 bits per heavy atom. The lowest BCUT2D eigenvalue weighted by molar-refractivity contribution is 0.0521. The molecule has 0 bridgehead atoms. The van der Waals surface area contributed by atoms with Crippen molar-refractivity contribution in [2.75, 3.05) is 6.61 Å². The predicted octanol–water partition coefficient (Wildman–Crippen LogP) is 2.50. The van der Waals surface area contributed by atoms with Gasteiger partial charge < -0.3 is 4.74 Å². The molecule has 0 aromatic rings. The molecule has 0 rings (SSSR count). The second kappa shape index (κ2) is 7.56. The van der Waals surface area contributed by atoms with E-state index >= 15 is 0 Å². The smallest absolute Gasteiger partial charge is 0.0702 e. The average Bonchev–Trinajstić information content (AvgIpc) is 2.03. The first-order chi connectivity index (χ1) is 5.35. The zero-order valence-electron chi connectivity index (χ0n) is 7.47. The maximum Gasteiger partial charge on any atom is 0.0702 e. The highest BCUT2D eigenvalue weighted by Crippen LogP contribution is 2.03. The minimum Gasteiger partial charge on any atom is -0.377 e. The molecule has 1 unspecified atom stereocenters. The summed E-state index contributed by atoms with van der Waals surface area (Å²) < 4.78 is 5.45. The third-order valence-electron chi connectivity index (χ3n) is 1.63. The second-order valence-electron chi connectivity index (χ2n) is 2.62. The van der Waals surface area contributed by atoms with Gasteiger partial charge in [0, 0.05) is 6.61 Å². The van der Waals surface area contributed by atoms with Gasteiger partial charge in [-0.1, -0.05) is 20.3 Å². The SMILES string of the molecule is CCCCOC(CC)CC#N. The van der Waals surface area contributed by atoms with Crippen molar-refractivity contribution in [1.29, 1.82) is 5.26 Å². The van der Waals surface area contributed by atoms with Gasteiger partial charge in [-0.15, -0.1) is 0 Å². The summed E-state index contributed by atoms with van der Waals surface area (Å²) in [6, 6.07) is 2.12. The first-order valence-electron chi connectivity index (χ1n) is 4.33. The Balaban J connectivity index is 3.30. The minimum atomic E-state index is 0.159. The lowest BCUT2D eigenvalue weighted by atomic mass is 10.2. The fourth-order valence-electron chi connectivity index (χ4n) is 0.817. The highest BCUT2D eigenvalue weighted by atomic mass is 16.5. The van der Waals surface area contributed by atoms with Gasteiger partial charge in [-0.2, -0.15) is 5.26 Å². The molecule has 0 aromatic heterocycles. The normalized spacial score (nSPS) is 12.5. The average molecular weight is 155 g/mol. The van der Waals surface area contributed by atoms with Crippen molar-refractivity contribution in [3.05, 3.63) is 0 Å². The van der Waals surface area contributed by atoms with Crippen LogP contribution in [-0.2, 0) is 4.74 Å². The molecule has 0 spiro atoms. The third-order valence-corrected chi connectivity index (χ3v) is 1.63. The zero-order chi connectivity index (χ0) is 8.53. The Bertz CT molecular complexity index is 117. The lowest BCUT2D eigenvalue weighted by Crippen LogP contribution is -2.11. The van der Waals surface area contributed by atoms with Crippen LogP contribution < -0.4 is 0 Å². The first kappa shape index (κ1) is 10.4. The highest BCUT2D eigenvalue weighted by Gasteiger charge is 2.03. The molecule has 0 N–H and O–H groups in total. The van der Waals surface area contributed by atoms with Crippen LogP contribution in [0.5, 0.6) is 0 Å². The van der Waals surface area contributed by atoms with Crippen LogP contribution in [0.3, 0.4) is 0 Å². The summed E-state index contributed by atoms with van der Waals surface area (Å²) in [4.78, 5) is 0. The van der Waals surface area contributed by atoms with Crippen molar-refractivity contribution in [2.45, 2.75) is 45.6 Å². The number of ether oxygens (including phenoxy) is 1. The van der Waals surface area contributed by atoms with Gasteiger partial charge in [0.05, 0.1) is 18.6 Å². The standard InChI is InChI=1S/C9H17NO/c1-3-5-8-11-9(4-2)6-7-10/h9H,3-6,8H2,1-2H3. The van der Waals surface area contributed by atoms with Gasteiger partial charge >= 0.3 is 0 Å². The molecule has 0 radical (unpaired) electrons. The largest absolute Gasteiger partial charge is 0.377 e. The number of hydrogen-bond acceptors (Lipinski definition) is 2. The Morgan fingerprint density at radius 2 is 2.18 bits per heavy atom.